The first-order valence-electron chi connectivity index (χ1n) is 7.45. The van der Waals surface area contributed by atoms with E-state index < -0.39 is 0 Å². The van der Waals surface area contributed by atoms with E-state index in [0.717, 1.165) is 18.1 Å². The molecule has 108 valence electrons. The Morgan fingerprint density at radius 3 is 2.64 bits per heavy atom. The summed E-state index contributed by atoms with van der Waals surface area (Å²) in [7, 11) is 0. The topological polar surface area (TPSA) is 41.6 Å². The van der Waals surface area contributed by atoms with Gasteiger partial charge in [-0.1, -0.05) is 48.5 Å². The molecule has 0 saturated heterocycles. The van der Waals surface area contributed by atoms with Crippen LogP contribution in [-0.2, 0) is 0 Å². The number of fused-ring (bicyclic) bond motifs is 1. The summed E-state index contributed by atoms with van der Waals surface area (Å²) in [5.74, 6) is 0.887. The summed E-state index contributed by atoms with van der Waals surface area (Å²) in [4.78, 5) is 6.91. The highest BCUT2D eigenvalue weighted by atomic mass is 15.3. The number of allylic oxidation sites excluding steroid dienone is 2. The maximum absolute atomic E-state index is 6.02. The molecule has 0 radical (unpaired) electrons. The Balaban J connectivity index is 1.68. The van der Waals surface area contributed by atoms with Crippen LogP contribution in [0.3, 0.4) is 0 Å². The molecule has 2 aliphatic rings. The first kappa shape index (κ1) is 12.9. The van der Waals surface area contributed by atoms with Gasteiger partial charge in [-0.25, -0.2) is 0 Å². The van der Waals surface area contributed by atoms with Gasteiger partial charge in [-0.15, -0.1) is 0 Å². The Morgan fingerprint density at radius 1 is 1.00 bits per heavy atom. The van der Waals surface area contributed by atoms with Crippen molar-refractivity contribution in [2.24, 2.45) is 10.7 Å². The van der Waals surface area contributed by atoms with E-state index in [1.807, 2.05) is 24.4 Å². The lowest BCUT2D eigenvalue weighted by Crippen LogP contribution is -2.28. The lowest BCUT2D eigenvalue weighted by atomic mass is 10.00. The molecular formula is C19H17N3. The SMILES string of the molecule is NC1=CC=CN2CC(c3cccc(-c4ccccc4)c3)N=C12. The number of aliphatic imine (C=N–C) groups is 1. The second kappa shape index (κ2) is 5.19. The average molecular weight is 287 g/mol. The Labute approximate surface area is 130 Å². The molecule has 0 bridgehead atoms. The predicted octanol–water partition coefficient (Wildman–Crippen LogP) is 3.48. The van der Waals surface area contributed by atoms with E-state index in [-0.39, 0.29) is 6.04 Å². The molecule has 1 unspecified atom stereocenters. The molecule has 0 spiro atoms. The number of nitrogens with zero attached hydrogens (tertiary/aromatic N) is 2. The van der Waals surface area contributed by atoms with Crippen molar-refractivity contribution in [2.75, 3.05) is 6.54 Å². The van der Waals surface area contributed by atoms with Gasteiger partial charge in [0.25, 0.3) is 0 Å². The van der Waals surface area contributed by atoms with Crippen molar-refractivity contribution in [3.05, 3.63) is 84.2 Å². The first-order valence-corrected chi connectivity index (χ1v) is 7.45. The van der Waals surface area contributed by atoms with Gasteiger partial charge in [0, 0.05) is 6.20 Å². The van der Waals surface area contributed by atoms with E-state index in [9.17, 15) is 0 Å². The molecule has 0 aromatic heterocycles. The van der Waals surface area contributed by atoms with Gasteiger partial charge in [-0.3, -0.25) is 4.99 Å². The quantitative estimate of drug-likeness (QED) is 0.918. The van der Waals surface area contributed by atoms with Gasteiger partial charge in [0.2, 0.25) is 0 Å². The van der Waals surface area contributed by atoms with E-state index in [0.29, 0.717) is 0 Å². The van der Waals surface area contributed by atoms with Crippen molar-refractivity contribution < 1.29 is 0 Å². The minimum Gasteiger partial charge on any atom is -0.396 e. The monoisotopic (exact) mass is 287 g/mol. The highest BCUT2D eigenvalue weighted by molar-refractivity contribution is 6.00. The fourth-order valence-corrected chi connectivity index (χ4v) is 2.97. The number of nitrogens with two attached hydrogens (primary N) is 1. The van der Waals surface area contributed by atoms with Crippen molar-refractivity contribution in [1.29, 1.82) is 0 Å². The molecular weight excluding hydrogens is 270 g/mol. The van der Waals surface area contributed by atoms with Crippen LogP contribution in [0.4, 0.5) is 0 Å². The van der Waals surface area contributed by atoms with Crippen molar-refractivity contribution in [3.63, 3.8) is 0 Å². The van der Waals surface area contributed by atoms with Gasteiger partial charge in [0.1, 0.15) is 0 Å². The first-order chi connectivity index (χ1) is 10.8. The summed E-state index contributed by atoms with van der Waals surface area (Å²) in [6.45, 7) is 0.846. The van der Waals surface area contributed by atoms with Crippen molar-refractivity contribution in [3.8, 4) is 11.1 Å². The van der Waals surface area contributed by atoms with Crippen LogP contribution in [0.2, 0.25) is 0 Å². The van der Waals surface area contributed by atoms with Gasteiger partial charge >= 0.3 is 0 Å². The van der Waals surface area contributed by atoms with Gasteiger partial charge < -0.3 is 10.6 Å². The Morgan fingerprint density at radius 2 is 1.82 bits per heavy atom. The number of amidine groups is 1. The fraction of sp³-hybridized carbons (Fsp3) is 0.105. The van der Waals surface area contributed by atoms with E-state index in [4.69, 9.17) is 10.7 Å². The Kier molecular flexibility index (Phi) is 3.04. The molecule has 2 heterocycles. The van der Waals surface area contributed by atoms with Gasteiger partial charge in [-0.05, 0) is 34.9 Å². The molecule has 1 atom stereocenters. The highest BCUT2D eigenvalue weighted by Gasteiger charge is 2.27. The van der Waals surface area contributed by atoms with Gasteiger partial charge in [0.05, 0.1) is 18.3 Å². The molecule has 2 aromatic rings. The lowest BCUT2D eigenvalue weighted by molar-refractivity contribution is 0.548. The second-order valence-electron chi connectivity index (χ2n) is 5.58. The zero-order valence-corrected chi connectivity index (χ0v) is 12.2. The fourth-order valence-electron chi connectivity index (χ4n) is 2.97. The van der Waals surface area contributed by atoms with Crippen LogP contribution in [0.15, 0.2) is 83.6 Å². The van der Waals surface area contributed by atoms with Gasteiger partial charge in [-0.2, -0.15) is 0 Å². The van der Waals surface area contributed by atoms with Crippen LogP contribution >= 0.6 is 0 Å². The minimum atomic E-state index is 0.133. The van der Waals surface area contributed by atoms with Crippen LogP contribution in [0.5, 0.6) is 0 Å². The maximum atomic E-state index is 6.02. The van der Waals surface area contributed by atoms with E-state index in [1.54, 1.807) is 0 Å². The molecule has 2 N–H and O–H groups in total. The number of hydrogen-bond donors (Lipinski definition) is 1. The minimum absolute atomic E-state index is 0.133. The molecule has 4 rings (SSSR count). The van der Waals surface area contributed by atoms with Crippen LogP contribution in [0.25, 0.3) is 11.1 Å². The summed E-state index contributed by atoms with van der Waals surface area (Å²) in [6, 6.07) is 19.2. The summed E-state index contributed by atoms with van der Waals surface area (Å²) in [5.41, 5.74) is 10.4. The standard InChI is InChI=1S/C19H17N3/c20-17-10-5-11-22-13-18(21-19(17)22)16-9-4-8-15(12-16)14-6-2-1-3-7-14/h1-12,18H,13,20H2. The van der Waals surface area contributed by atoms with E-state index in [1.165, 1.54) is 16.7 Å². The molecule has 22 heavy (non-hydrogen) atoms. The molecule has 2 aromatic carbocycles. The summed E-state index contributed by atoms with van der Waals surface area (Å²) in [6.07, 6.45) is 5.91. The Bertz CT molecular complexity index is 787. The third kappa shape index (κ3) is 2.21. The smallest absolute Gasteiger partial charge is 0.151 e. The zero-order chi connectivity index (χ0) is 14.9. The lowest BCUT2D eigenvalue weighted by Gasteiger charge is -2.18. The number of benzene rings is 2. The molecule has 3 nitrogen and oxygen atoms in total. The Hall–Kier alpha value is -2.81. The zero-order valence-electron chi connectivity index (χ0n) is 12.2. The van der Waals surface area contributed by atoms with Crippen molar-refractivity contribution in [2.45, 2.75) is 6.04 Å². The van der Waals surface area contributed by atoms with Crippen LogP contribution < -0.4 is 5.73 Å². The molecule has 0 fully saturated rings. The highest BCUT2D eigenvalue weighted by Crippen LogP contribution is 2.30. The van der Waals surface area contributed by atoms with Crippen molar-refractivity contribution in [1.82, 2.24) is 4.90 Å². The number of hydrogen-bond acceptors (Lipinski definition) is 3. The third-order valence-corrected chi connectivity index (χ3v) is 4.10. The molecule has 0 saturated carbocycles. The molecule has 0 amide bonds. The van der Waals surface area contributed by atoms with Gasteiger partial charge in [0.15, 0.2) is 5.84 Å². The molecule has 2 aliphatic heterocycles. The summed E-state index contributed by atoms with van der Waals surface area (Å²) in [5, 5.41) is 0. The maximum Gasteiger partial charge on any atom is 0.151 e. The van der Waals surface area contributed by atoms with Crippen LogP contribution in [-0.4, -0.2) is 17.3 Å². The summed E-state index contributed by atoms with van der Waals surface area (Å²) < 4.78 is 0. The summed E-state index contributed by atoms with van der Waals surface area (Å²) >= 11 is 0. The second-order valence-corrected chi connectivity index (χ2v) is 5.58. The normalized spacial score (nSPS) is 19.6. The predicted molar refractivity (Wildman–Crippen MR) is 90.2 cm³/mol. The van der Waals surface area contributed by atoms with Crippen LogP contribution in [0.1, 0.15) is 11.6 Å². The molecule has 0 aliphatic carbocycles. The van der Waals surface area contributed by atoms with Crippen molar-refractivity contribution >= 4 is 5.84 Å². The van der Waals surface area contributed by atoms with E-state index in [2.05, 4.69) is 53.4 Å². The average Bonchev–Trinajstić information content (AvgIpc) is 3.02. The van der Waals surface area contributed by atoms with E-state index >= 15 is 0 Å². The van der Waals surface area contributed by atoms with Crippen LogP contribution in [0, 0.1) is 0 Å². The third-order valence-electron chi connectivity index (χ3n) is 4.10. The molecule has 3 heteroatoms. The largest absolute Gasteiger partial charge is 0.396 e. The number of rotatable bonds is 2.